The lowest BCUT2D eigenvalue weighted by Gasteiger charge is -2.39. The van der Waals surface area contributed by atoms with E-state index < -0.39 is 8.07 Å². The van der Waals surface area contributed by atoms with E-state index in [2.05, 4.69) is 123 Å². The fourth-order valence-electron chi connectivity index (χ4n) is 4.16. The summed E-state index contributed by atoms with van der Waals surface area (Å²) in [6.07, 6.45) is 4.64. The molecule has 0 spiro atoms. The molecule has 3 rings (SSSR count). The Morgan fingerprint density at radius 2 is 1.00 bits per heavy atom. The fourth-order valence-corrected chi connectivity index (χ4v) is 8.37. The summed E-state index contributed by atoms with van der Waals surface area (Å²) in [6, 6.07) is 33.1. The van der Waals surface area contributed by atoms with Gasteiger partial charge in [0.1, 0.15) is 0 Å². The van der Waals surface area contributed by atoms with Crippen LogP contribution in [0.2, 0.25) is 13.1 Å². The van der Waals surface area contributed by atoms with Crippen LogP contribution >= 0.6 is 0 Å². The van der Waals surface area contributed by atoms with Gasteiger partial charge in [0, 0.05) is 5.54 Å². The molecule has 0 bridgehead atoms. The van der Waals surface area contributed by atoms with Crippen molar-refractivity contribution >= 4 is 8.07 Å². The predicted octanol–water partition coefficient (Wildman–Crippen LogP) is 6.97. The van der Waals surface area contributed by atoms with Gasteiger partial charge >= 0.3 is 0 Å². The van der Waals surface area contributed by atoms with E-state index in [4.69, 9.17) is 0 Å². The zero-order valence-electron chi connectivity index (χ0n) is 16.0. The van der Waals surface area contributed by atoms with Crippen molar-refractivity contribution in [1.82, 2.24) is 0 Å². The average molecular weight is 357 g/mol. The lowest BCUT2D eigenvalue weighted by Crippen LogP contribution is -2.42. The summed E-state index contributed by atoms with van der Waals surface area (Å²) in [4.78, 5) is 0. The molecular weight excluding hydrogens is 328 g/mol. The molecule has 0 saturated heterocycles. The van der Waals surface area contributed by atoms with E-state index >= 15 is 0 Å². The first-order valence-corrected chi connectivity index (χ1v) is 12.6. The highest BCUT2D eigenvalue weighted by molar-refractivity contribution is 6.81. The third kappa shape index (κ3) is 3.89. The Morgan fingerprint density at radius 1 is 0.615 bits per heavy atom. The van der Waals surface area contributed by atoms with Crippen LogP contribution in [0.15, 0.2) is 103 Å². The van der Waals surface area contributed by atoms with Crippen LogP contribution in [0.5, 0.6) is 0 Å². The van der Waals surface area contributed by atoms with Crippen LogP contribution < -0.4 is 0 Å². The largest absolute Gasteiger partial charge is 0.0913 e. The van der Waals surface area contributed by atoms with E-state index in [0.29, 0.717) is 11.1 Å². The first kappa shape index (κ1) is 18.4. The smallest absolute Gasteiger partial charge is 0.0722 e. The molecule has 1 unspecified atom stereocenters. The third-order valence-corrected chi connectivity index (χ3v) is 9.64. The van der Waals surface area contributed by atoms with Crippen molar-refractivity contribution < 1.29 is 0 Å². The number of rotatable bonds is 6. The van der Waals surface area contributed by atoms with Crippen molar-refractivity contribution in [1.29, 1.82) is 0 Å². The Kier molecular flexibility index (Phi) is 5.90. The molecule has 0 aliphatic carbocycles. The maximum Gasteiger partial charge on any atom is 0.0722 e. The summed E-state index contributed by atoms with van der Waals surface area (Å²) in [6.45, 7) is 7.21. The van der Waals surface area contributed by atoms with Gasteiger partial charge in [0.2, 0.25) is 0 Å². The minimum absolute atomic E-state index is 0.450. The number of hydrogen-bond acceptors (Lipinski definition) is 0. The second kappa shape index (κ2) is 8.33. The van der Waals surface area contributed by atoms with Gasteiger partial charge in [0.25, 0.3) is 0 Å². The van der Waals surface area contributed by atoms with E-state index in [1.807, 2.05) is 0 Å². The van der Waals surface area contributed by atoms with Crippen molar-refractivity contribution in [2.75, 3.05) is 0 Å². The molecule has 0 nitrogen and oxygen atoms in total. The molecule has 0 saturated carbocycles. The highest BCUT2D eigenvalue weighted by atomic mass is 28.3. The third-order valence-electron chi connectivity index (χ3n) is 5.35. The normalized spacial score (nSPS) is 13.2. The first-order chi connectivity index (χ1) is 12.6. The number of allylic oxidation sites excluding steroid dienone is 2. The molecule has 3 aromatic rings. The van der Waals surface area contributed by atoms with Gasteiger partial charge in [0.05, 0.1) is 8.07 Å². The van der Waals surface area contributed by atoms with Gasteiger partial charge in [-0.2, -0.15) is 0 Å². The van der Waals surface area contributed by atoms with E-state index in [-0.39, 0.29) is 0 Å². The molecule has 132 valence electrons. The number of hydrogen-bond donors (Lipinski definition) is 0. The summed E-state index contributed by atoms with van der Waals surface area (Å²) in [5.41, 5.74) is 5.21. The average Bonchev–Trinajstić information content (AvgIpc) is 2.68. The van der Waals surface area contributed by atoms with Crippen LogP contribution in [0.25, 0.3) is 0 Å². The minimum atomic E-state index is -1.79. The van der Waals surface area contributed by atoms with Crippen molar-refractivity contribution in [3.63, 3.8) is 0 Å². The van der Waals surface area contributed by atoms with Gasteiger partial charge < -0.3 is 0 Å². The van der Waals surface area contributed by atoms with Gasteiger partial charge in [0.15, 0.2) is 0 Å². The summed E-state index contributed by atoms with van der Waals surface area (Å²) >= 11 is 0. The molecule has 0 radical (unpaired) electrons. The molecular formula is C25H28Si. The summed E-state index contributed by atoms with van der Waals surface area (Å²) < 4.78 is 0. The van der Waals surface area contributed by atoms with E-state index in [0.717, 1.165) is 0 Å². The lowest BCUT2D eigenvalue weighted by molar-refractivity contribution is 0.990. The molecule has 3 aromatic carbocycles. The van der Waals surface area contributed by atoms with E-state index in [1.165, 1.54) is 16.7 Å². The van der Waals surface area contributed by atoms with Crippen molar-refractivity contribution in [3.8, 4) is 0 Å². The SMILES string of the molecule is C/C=C/C(c1ccccc1)[Si](C)(C)C(c1ccccc1)c1ccccc1. The van der Waals surface area contributed by atoms with Crippen LogP contribution in [0.4, 0.5) is 0 Å². The van der Waals surface area contributed by atoms with Crippen LogP contribution in [-0.2, 0) is 0 Å². The second-order valence-corrected chi connectivity index (χ2v) is 12.3. The molecule has 0 N–H and O–H groups in total. The van der Waals surface area contributed by atoms with Crippen LogP contribution in [0, 0.1) is 0 Å². The maximum atomic E-state index is 2.54. The minimum Gasteiger partial charge on any atom is -0.0913 e. The van der Waals surface area contributed by atoms with Crippen LogP contribution in [0.3, 0.4) is 0 Å². The van der Waals surface area contributed by atoms with Crippen molar-refractivity contribution in [3.05, 3.63) is 120 Å². The molecule has 1 atom stereocenters. The standard InChI is InChI=1S/C25H28Si/c1-4-14-24(21-15-8-5-9-16-21)26(2,3)25(22-17-10-6-11-18-22)23-19-12-7-13-20-23/h4-20,24-25H,1-3H3/b14-4+. The Morgan fingerprint density at radius 3 is 1.38 bits per heavy atom. The topological polar surface area (TPSA) is 0 Å². The Labute approximate surface area is 159 Å². The molecule has 0 fully saturated rings. The lowest BCUT2D eigenvalue weighted by atomic mass is 10.0. The van der Waals surface area contributed by atoms with Gasteiger partial charge in [-0.25, -0.2) is 0 Å². The zero-order chi connectivity index (χ0) is 18.4. The van der Waals surface area contributed by atoms with Crippen molar-refractivity contribution in [2.45, 2.75) is 31.1 Å². The molecule has 0 aliphatic heterocycles. The quantitative estimate of drug-likeness (QED) is 0.330. The van der Waals surface area contributed by atoms with Crippen LogP contribution in [0.1, 0.15) is 34.7 Å². The highest BCUT2D eigenvalue weighted by Crippen LogP contribution is 2.42. The highest BCUT2D eigenvalue weighted by Gasteiger charge is 2.40. The fraction of sp³-hybridized carbons (Fsp3) is 0.200. The second-order valence-electron chi connectivity index (χ2n) is 7.49. The number of benzene rings is 3. The first-order valence-electron chi connectivity index (χ1n) is 9.42. The summed E-state index contributed by atoms with van der Waals surface area (Å²) in [5.74, 6) is 0. The molecule has 0 heterocycles. The summed E-state index contributed by atoms with van der Waals surface area (Å²) in [7, 11) is -1.79. The van der Waals surface area contributed by atoms with Gasteiger partial charge in [-0.15, -0.1) is 0 Å². The molecule has 0 aliphatic rings. The van der Waals surface area contributed by atoms with Crippen LogP contribution in [-0.4, -0.2) is 8.07 Å². The molecule has 1 heteroatoms. The predicted molar refractivity (Wildman–Crippen MR) is 116 cm³/mol. The molecule has 26 heavy (non-hydrogen) atoms. The van der Waals surface area contributed by atoms with E-state index in [1.54, 1.807) is 0 Å². The van der Waals surface area contributed by atoms with Crippen molar-refractivity contribution in [2.24, 2.45) is 0 Å². The molecule has 0 amide bonds. The zero-order valence-corrected chi connectivity index (χ0v) is 17.0. The van der Waals surface area contributed by atoms with Gasteiger partial charge in [-0.3, -0.25) is 0 Å². The summed E-state index contributed by atoms with van der Waals surface area (Å²) in [5, 5.41) is 0. The van der Waals surface area contributed by atoms with Gasteiger partial charge in [-0.05, 0) is 29.2 Å². The monoisotopic (exact) mass is 356 g/mol. The Hall–Kier alpha value is -2.38. The maximum absolute atomic E-state index is 2.54. The van der Waals surface area contributed by atoms with Gasteiger partial charge in [-0.1, -0.05) is 116 Å². The Balaban J connectivity index is 2.14. The molecule has 0 aromatic heterocycles. The Bertz CT molecular complexity index is 780. The van der Waals surface area contributed by atoms with E-state index in [9.17, 15) is 0 Å².